The molecule has 0 amide bonds. The Morgan fingerprint density at radius 2 is 1.00 bits per heavy atom. The molecule has 0 aliphatic carbocycles. The first kappa shape index (κ1) is 18.4. The van der Waals surface area contributed by atoms with Crippen LogP contribution in [-0.4, -0.2) is 19.9 Å². The van der Waals surface area contributed by atoms with Crippen molar-refractivity contribution in [3.8, 4) is 0 Å². The predicted molar refractivity (Wildman–Crippen MR) is 118 cm³/mol. The summed E-state index contributed by atoms with van der Waals surface area (Å²) >= 11 is 0. The topological polar surface area (TPSA) is 22.1 Å². The molecule has 0 radical (unpaired) electrons. The molecule has 28 heavy (non-hydrogen) atoms. The Kier molecular flexibility index (Phi) is 5.76. The highest BCUT2D eigenvalue weighted by atomic mass is 28.4. The lowest BCUT2D eigenvalue weighted by Gasteiger charge is -2.33. The second-order valence-corrected chi connectivity index (χ2v) is 10.1. The first-order valence-corrected chi connectivity index (χ1v) is 11.5. The highest BCUT2D eigenvalue weighted by molar-refractivity contribution is 7.07. The minimum absolute atomic E-state index is 0.662. The third-order valence-electron chi connectivity index (χ3n) is 5.00. The molecule has 0 fully saturated rings. The molecule has 3 aromatic carbocycles. The third kappa shape index (κ3) is 3.81. The van der Waals surface area contributed by atoms with Crippen molar-refractivity contribution >= 4 is 23.9 Å². The smallest absolute Gasteiger partial charge is 0.288 e. The minimum atomic E-state index is -2.59. The Balaban J connectivity index is 1.79. The maximum absolute atomic E-state index is 6.91. The largest absolute Gasteiger partial charge is 0.404 e. The van der Waals surface area contributed by atoms with Gasteiger partial charge in [-0.1, -0.05) is 91.0 Å². The van der Waals surface area contributed by atoms with E-state index < -0.39 is 8.32 Å². The first-order chi connectivity index (χ1) is 13.9. The van der Waals surface area contributed by atoms with Gasteiger partial charge in [0.25, 0.3) is 8.32 Å². The Labute approximate surface area is 167 Å². The van der Waals surface area contributed by atoms with Gasteiger partial charge in [-0.2, -0.15) is 0 Å². The zero-order valence-electron chi connectivity index (χ0n) is 15.7. The van der Waals surface area contributed by atoms with E-state index in [1.807, 2.05) is 12.4 Å². The molecule has 0 N–H and O–H groups in total. The van der Waals surface area contributed by atoms with Crippen molar-refractivity contribution in [3.63, 3.8) is 0 Å². The van der Waals surface area contributed by atoms with Gasteiger partial charge in [0, 0.05) is 19.0 Å². The first-order valence-electron chi connectivity index (χ1n) is 9.59. The fourth-order valence-corrected chi connectivity index (χ4v) is 7.53. The number of benzene rings is 3. The molecule has 0 spiro atoms. The zero-order valence-corrected chi connectivity index (χ0v) is 16.7. The van der Waals surface area contributed by atoms with Crippen LogP contribution in [0.1, 0.15) is 5.56 Å². The lowest BCUT2D eigenvalue weighted by molar-refractivity contribution is 0.328. The molecular formula is C25H23NOSi. The summed E-state index contributed by atoms with van der Waals surface area (Å²) in [6.45, 7) is 0.662. The van der Waals surface area contributed by atoms with Gasteiger partial charge in [-0.25, -0.2) is 0 Å². The van der Waals surface area contributed by atoms with Gasteiger partial charge in [0.05, 0.1) is 0 Å². The maximum atomic E-state index is 6.91. The Bertz CT molecular complexity index is 879. The van der Waals surface area contributed by atoms with E-state index >= 15 is 0 Å². The quantitative estimate of drug-likeness (QED) is 0.362. The van der Waals surface area contributed by atoms with Crippen LogP contribution in [-0.2, 0) is 10.8 Å². The van der Waals surface area contributed by atoms with E-state index in [-0.39, 0.29) is 0 Å². The van der Waals surface area contributed by atoms with Crippen molar-refractivity contribution < 1.29 is 4.43 Å². The van der Waals surface area contributed by atoms with Crippen LogP contribution in [0.2, 0.25) is 0 Å². The standard InChI is InChI=1S/C25H23NOSi/c1-4-10-23(11-5-1)28(24-12-6-2-7-13-24,25-14-8-3-9-15-25)27-21-18-22-16-19-26-20-17-22/h1-17,19-20H,18,21H2. The molecule has 4 aromatic rings. The average Bonchev–Trinajstić information content (AvgIpc) is 2.79. The monoisotopic (exact) mass is 381 g/mol. The Hall–Kier alpha value is -3.01. The summed E-state index contributed by atoms with van der Waals surface area (Å²) in [7, 11) is -2.59. The molecule has 0 aliphatic rings. The maximum Gasteiger partial charge on any atom is 0.288 e. The summed E-state index contributed by atoms with van der Waals surface area (Å²) in [5, 5.41) is 3.80. The number of nitrogens with zero attached hydrogens (tertiary/aromatic N) is 1. The average molecular weight is 382 g/mol. The van der Waals surface area contributed by atoms with E-state index in [1.54, 1.807) is 0 Å². The van der Waals surface area contributed by atoms with Crippen LogP contribution in [0.15, 0.2) is 116 Å². The molecule has 4 rings (SSSR count). The van der Waals surface area contributed by atoms with Gasteiger partial charge in [0.2, 0.25) is 0 Å². The van der Waals surface area contributed by atoms with Crippen LogP contribution in [0.5, 0.6) is 0 Å². The van der Waals surface area contributed by atoms with Gasteiger partial charge in [0.1, 0.15) is 0 Å². The summed E-state index contributed by atoms with van der Waals surface area (Å²) in [4.78, 5) is 4.11. The number of hydrogen-bond donors (Lipinski definition) is 0. The van der Waals surface area contributed by atoms with Crippen LogP contribution < -0.4 is 15.6 Å². The highest BCUT2D eigenvalue weighted by Crippen LogP contribution is 2.11. The van der Waals surface area contributed by atoms with Crippen molar-refractivity contribution in [2.24, 2.45) is 0 Å². The van der Waals surface area contributed by atoms with Gasteiger partial charge in [0.15, 0.2) is 0 Å². The van der Waals surface area contributed by atoms with Crippen molar-refractivity contribution in [1.29, 1.82) is 0 Å². The van der Waals surface area contributed by atoms with Crippen molar-refractivity contribution in [3.05, 3.63) is 121 Å². The molecule has 2 nitrogen and oxygen atoms in total. The molecular weight excluding hydrogens is 358 g/mol. The molecule has 0 aliphatic heterocycles. The molecule has 0 saturated carbocycles. The summed E-state index contributed by atoms with van der Waals surface area (Å²) in [5.74, 6) is 0. The third-order valence-corrected chi connectivity index (χ3v) is 9.08. The van der Waals surface area contributed by atoms with E-state index in [0.29, 0.717) is 6.61 Å². The SMILES string of the molecule is c1ccc([Si](OCCc2ccncc2)(c2ccccc2)c2ccccc2)cc1. The van der Waals surface area contributed by atoms with Gasteiger partial charge in [-0.05, 0) is 39.7 Å². The van der Waals surface area contributed by atoms with Crippen LogP contribution in [0.4, 0.5) is 0 Å². The summed E-state index contributed by atoms with van der Waals surface area (Å²) in [6, 6.07) is 36.2. The zero-order chi connectivity index (χ0) is 19.1. The van der Waals surface area contributed by atoms with Gasteiger partial charge < -0.3 is 4.43 Å². The Morgan fingerprint density at radius 1 is 0.571 bits per heavy atom. The second kappa shape index (κ2) is 8.78. The number of pyridine rings is 1. The van der Waals surface area contributed by atoms with Gasteiger partial charge in [-0.3, -0.25) is 4.98 Å². The molecule has 0 saturated heterocycles. The van der Waals surface area contributed by atoms with Crippen LogP contribution in [0, 0.1) is 0 Å². The lowest BCUT2D eigenvalue weighted by Crippen LogP contribution is -2.69. The Morgan fingerprint density at radius 3 is 1.43 bits per heavy atom. The molecule has 1 heterocycles. The number of hydrogen-bond acceptors (Lipinski definition) is 2. The van der Waals surface area contributed by atoms with Crippen molar-refractivity contribution in [2.75, 3.05) is 6.61 Å². The molecule has 0 unspecified atom stereocenters. The summed E-state index contributed by atoms with van der Waals surface area (Å²) < 4.78 is 6.91. The molecule has 1 aromatic heterocycles. The number of aromatic nitrogens is 1. The summed E-state index contributed by atoms with van der Waals surface area (Å²) in [5.41, 5.74) is 1.24. The van der Waals surface area contributed by atoms with Crippen LogP contribution >= 0.6 is 0 Å². The summed E-state index contributed by atoms with van der Waals surface area (Å²) in [6.07, 6.45) is 4.54. The molecule has 0 atom stereocenters. The van der Waals surface area contributed by atoms with Gasteiger partial charge in [-0.15, -0.1) is 0 Å². The van der Waals surface area contributed by atoms with Crippen LogP contribution in [0.3, 0.4) is 0 Å². The fourth-order valence-electron chi connectivity index (χ4n) is 3.64. The lowest BCUT2D eigenvalue weighted by atomic mass is 10.2. The predicted octanol–water partition coefficient (Wildman–Crippen LogP) is 3.31. The normalized spacial score (nSPS) is 11.3. The highest BCUT2D eigenvalue weighted by Gasteiger charge is 2.41. The van der Waals surface area contributed by atoms with E-state index in [9.17, 15) is 0 Å². The molecule has 138 valence electrons. The molecule has 3 heteroatoms. The van der Waals surface area contributed by atoms with Gasteiger partial charge >= 0.3 is 0 Å². The van der Waals surface area contributed by atoms with E-state index in [0.717, 1.165) is 6.42 Å². The second-order valence-electron chi connectivity index (χ2n) is 6.73. The fraction of sp³-hybridized carbons (Fsp3) is 0.0800. The van der Waals surface area contributed by atoms with E-state index in [2.05, 4.69) is 108 Å². The van der Waals surface area contributed by atoms with E-state index in [4.69, 9.17) is 4.43 Å². The van der Waals surface area contributed by atoms with E-state index in [1.165, 1.54) is 21.1 Å². The number of rotatable bonds is 7. The van der Waals surface area contributed by atoms with Crippen LogP contribution in [0.25, 0.3) is 0 Å². The molecule has 0 bridgehead atoms. The van der Waals surface area contributed by atoms with Crippen molar-refractivity contribution in [2.45, 2.75) is 6.42 Å². The van der Waals surface area contributed by atoms with Crippen molar-refractivity contribution in [1.82, 2.24) is 4.98 Å². The minimum Gasteiger partial charge on any atom is -0.404 e.